The SMILES string of the molecule is C=CC(OC(C)=O)[C@@H]1CC[C@H]1CN1C[C@@]2(CCCc3cc(Cl)ccc32)COc2ccc(S(N)(=O)=O)cc21. The van der Waals surface area contributed by atoms with E-state index in [1.54, 1.807) is 18.2 Å². The van der Waals surface area contributed by atoms with Crippen LogP contribution in [0.25, 0.3) is 0 Å². The van der Waals surface area contributed by atoms with Crippen molar-refractivity contribution in [1.82, 2.24) is 0 Å². The molecule has 37 heavy (non-hydrogen) atoms. The number of nitrogens with zero attached hydrogens (tertiary/aromatic N) is 1. The summed E-state index contributed by atoms with van der Waals surface area (Å²) in [7, 11) is -3.89. The monoisotopic (exact) mass is 544 g/mol. The quantitative estimate of drug-likeness (QED) is 0.421. The number of esters is 1. The first-order valence-electron chi connectivity index (χ1n) is 12.7. The van der Waals surface area contributed by atoms with Crippen LogP contribution in [0.3, 0.4) is 0 Å². The number of anilines is 1. The van der Waals surface area contributed by atoms with Gasteiger partial charge in [0.05, 0.1) is 17.2 Å². The van der Waals surface area contributed by atoms with Gasteiger partial charge in [0.2, 0.25) is 10.0 Å². The van der Waals surface area contributed by atoms with Crippen LogP contribution in [0.4, 0.5) is 5.69 Å². The predicted molar refractivity (Wildman–Crippen MR) is 144 cm³/mol. The first-order chi connectivity index (χ1) is 17.6. The van der Waals surface area contributed by atoms with Gasteiger partial charge in [0.25, 0.3) is 0 Å². The second-order valence-corrected chi connectivity index (χ2v) is 12.6. The fraction of sp³-hybridized carbons (Fsp3) is 0.464. The third-order valence-electron chi connectivity index (χ3n) is 8.22. The molecule has 0 amide bonds. The lowest BCUT2D eigenvalue weighted by atomic mass is 9.68. The summed E-state index contributed by atoms with van der Waals surface area (Å²) >= 11 is 6.33. The molecule has 2 aromatic carbocycles. The van der Waals surface area contributed by atoms with Gasteiger partial charge < -0.3 is 14.4 Å². The molecule has 1 spiro atoms. The van der Waals surface area contributed by atoms with Crippen LogP contribution in [-0.2, 0) is 31.4 Å². The number of aryl methyl sites for hydroxylation is 1. The van der Waals surface area contributed by atoms with E-state index >= 15 is 0 Å². The molecule has 2 aliphatic carbocycles. The molecule has 0 aromatic heterocycles. The Morgan fingerprint density at radius 1 is 1.32 bits per heavy atom. The minimum atomic E-state index is -3.89. The zero-order chi connectivity index (χ0) is 26.4. The van der Waals surface area contributed by atoms with E-state index in [0.717, 1.165) is 42.8 Å². The Balaban J connectivity index is 1.54. The number of halogens is 1. The summed E-state index contributed by atoms with van der Waals surface area (Å²) < 4.78 is 36.4. The van der Waals surface area contributed by atoms with Gasteiger partial charge in [-0.2, -0.15) is 0 Å². The molecule has 4 atom stereocenters. The lowest BCUT2D eigenvalue weighted by molar-refractivity contribution is -0.149. The maximum absolute atomic E-state index is 12.2. The van der Waals surface area contributed by atoms with Gasteiger partial charge in [-0.1, -0.05) is 30.3 Å². The van der Waals surface area contributed by atoms with Gasteiger partial charge in [0.1, 0.15) is 11.9 Å². The van der Waals surface area contributed by atoms with Gasteiger partial charge in [0.15, 0.2) is 0 Å². The Labute approximate surface area is 223 Å². The van der Waals surface area contributed by atoms with Gasteiger partial charge in [-0.05, 0) is 79.5 Å². The summed E-state index contributed by atoms with van der Waals surface area (Å²) in [6, 6.07) is 10.9. The number of ether oxygens (including phenoxy) is 2. The van der Waals surface area contributed by atoms with Crippen molar-refractivity contribution in [3.63, 3.8) is 0 Å². The van der Waals surface area contributed by atoms with Gasteiger partial charge in [-0.25, -0.2) is 13.6 Å². The zero-order valence-corrected chi connectivity index (χ0v) is 22.6. The molecule has 1 aliphatic heterocycles. The van der Waals surface area contributed by atoms with Crippen molar-refractivity contribution in [2.75, 3.05) is 24.6 Å². The normalized spacial score (nSPS) is 25.6. The fourth-order valence-electron chi connectivity index (χ4n) is 6.31. The molecule has 1 fully saturated rings. The molecular formula is C28H33ClN2O5S. The lowest BCUT2D eigenvalue weighted by Crippen LogP contribution is -2.49. The summed E-state index contributed by atoms with van der Waals surface area (Å²) in [5, 5.41) is 6.22. The highest BCUT2D eigenvalue weighted by molar-refractivity contribution is 7.89. The summed E-state index contributed by atoms with van der Waals surface area (Å²) in [5.41, 5.74) is 2.92. The Morgan fingerprint density at radius 2 is 2.14 bits per heavy atom. The number of nitrogens with two attached hydrogens (primary N) is 1. The van der Waals surface area contributed by atoms with Crippen LogP contribution in [0.15, 0.2) is 53.9 Å². The van der Waals surface area contributed by atoms with Crippen molar-refractivity contribution in [1.29, 1.82) is 0 Å². The Bertz CT molecular complexity index is 1330. The minimum absolute atomic E-state index is 0.0562. The van der Waals surface area contributed by atoms with E-state index in [9.17, 15) is 13.2 Å². The number of hydrogen-bond acceptors (Lipinski definition) is 6. The van der Waals surface area contributed by atoms with E-state index < -0.39 is 10.0 Å². The van der Waals surface area contributed by atoms with Crippen molar-refractivity contribution in [3.8, 4) is 5.75 Å². The molecule has 5 rings (SSSR count). The number of benzene rings is 2. The van der Waals surface area contributed by atoms with E-state index in [1.165, 1.54) is 24.1 Å². The Kier molecular flexibility index (Phi) is 7.02. The molecule has 1 heterocycles. The molecule has 0 bridgehead atoms. The van der Waals surface area contributed by atoms with Gasteiger partial charge in [-0.15, -0.1) is 0 Å². The van der Waals surface area contributed by atoms with Crippen molar-refractivity contribution in [2.24, 2.45) is 17.0 Å². The third kappa shape index (κ3) is 5.11. The number of carbonyl (C=O) groups is 1. The maximum Gasteiger partial charge on any atom is 0.303 e. The number of carbonyl (C=O) groups excluding carboxylic acids is 1. The number of rotatable bonds is 6. The van der Waals surface area contributed by atoms with Gasteiger partial charge in [0, 0.05) is 36.4 Å². The van der Waals surface area contributed by atoms with Crippen molar-refractivity contribution >= 4 is 33.3 Å². The van der Waals surface area contributed by atoms with Crippen molar-refractivity contribution in [3.05, 3.63) is 65.2 Å². The first kappa shape index (κ1) is 26.1. The fourth-order valence-corrected chi connectivity index (χ4v) is 7.04. The van der Waals surface area contributed by atoms with Crippen LogP contribution in [0.1, 0.15) is 43.7 Å². The van der Waals surface area contributed by atoms with E-state index in [1.807, 2.05) is 6.07 Å². The Hall–Kier alpha value is -2.55. The topological polar surface area (TPSA) is 98.9 Å². The molecule has 9 heteroatoms. The van der Waals surface area contributed by atoms with E-state index in [0.29, 0.717) is 25.4 Å². The third-order valence-corrected chi connectivity index (χ3v) is 9.37. The number of primary sulfonamides is 1. The molecule has 7 nitrogen and oxygen atoms in total. The minimum Gasteiger partial charge on any atom is -0.490 e. The predicted octanol–water partition coefficient (Wildman–Crippen LogP) is 4.60. The largest absolute Gasteiger partial charge is 0.490 e. The van der Waals surface area contributed by atoms with Gasteiger partial charge in [-0.3, -0.25) is 4.79 Å². The lowest BCUT2D eigenvalue weighted by Gasteiger charge is -2.45. The van der Waals surface area contributed by atoms with Crippen molar-refractivity contribution in [2.45, 2.75) is 55.4 Å². The molecule has 2 N–H and O–H groups in total. The average molecular weight is 545 g/mol. The first-order valence-corrected chi connectivity index (χ1v) is 14.7. The molecule has 0 radical (unpaired) electrons. The van der Waals surface area contributed by atoms with Crippen LogP contribution >= 0.6 is 11.6 Å². The van der Waals surface area contributed by atoms with Gasteiger partial charge >= 0.3 is 5.97 Å². The number of fused-ring (bicyclic) bond motifs is 3. The molecular weight excluding hydrogens is 512 g/mol. The molecule has 3 aliphatic rings. The second-order valence-electron chi connectivity index (χ2n) is 10.6. The van der Waals surface area contributed by atoms with Crippen LogP contribution in [0.5, 0.6) is 5.75 Å². The Morgan fingerprint density at radius 3 is 2.81 bits per heavy atom. The molecule has 2 aromatic rings. The van der Waals surface area contributed by atoms with Crippen LogP contribution in [-0.4, -0.2) is 40.2 Å². The summed E-state index contributed by atoms with van der Waals surface area (Å²) in [4.78, 5) is 14.0. The smallest absolute Gasteiger partial charge is 0.303 e. The zero-order valence-electron chi connectivity index (χ0n) is 21.0. The molecule has 1 saturated carbocycles. The highest BCUT2D eigenvalue weighted by Gasteiger charge is 2.44. The van der Waals surface area contributed by atoms with Crippen molar-refractivity contribution < 1.29 is 22.7 Å². The standard InChI is InChI=1S/C28H33ClN2O5S/c1-3-26(36-18(2)32)23-9-6-20(23)15-31-16-28(12-4-5-19-13-21(29)7-10-24(19)28)17-35-27-11-8-22(14-25(27)31)37(30,33)34/h3,7-8,10-11,13-14,20,23,26H,1,4-6,9,12,15-17H2,2H3,(H2,30,33,34)/t20-,23+,26?,28-/m0/s1. The summed E-state index contributed by atoms with van der Waals surface area (Å²) in [6.45, 7) is 7.12. The van der Waals surface area contributed by atoms with E-state index in [-0.39, 0.29) is 34.2 Å². The number of sulfonamides is 1. The molecule has 1 unspecified atom stereocenters. The second kappa shape index (κ2) is 9.97. The highest BCUT2D eigenvalue weighted by atomic mass is 35.5. The number of hydrogen-bond donors (Lipinski definition) is 1. The van der Waals surface area contributed by atoms with Crippen LogP contribution < -0.4 is 14.8 Å². The maximum atomic E-state index is 12.2. The molecule has 0 saturated heterocycles. The van der Waals surface area contributed by atoms with Crippen LogP contribution in [0.2, 0.25) is 5.02 Å². The van der Waals surface area contributed by atoms with E-state index in [2.05, 4.69) is 23.6 Å². The summed E-state index contributed by atoms with van der Waals surface area (Å²) in [5.74, 6) is 0.723. The average Bonchev–Trinajstić information content (AvgIpc) is 2.97. The van der Waals surface area contributed by atoms with E-state index in [4.69, 9.17) is 26.2 Å². The summed E-state index contributed by atoms with van der Waals surface area (Å²) in [6.07, 6.45) is 6.22. The highest BCUT2D eigenvalue weighted by Crippen LogP contribution is 2.47. The van der Waals surface area contributed by atoms with Crippen LogP contribution in [0, 0.1) is 11.8 Å². The molecule has 198 valence electrons.